The maximum atomic E-state index is 6.70. The lowest BCUT2D eigenvalue weighted by Gasteiger charge is -2.58. The Morgan fingerprint density at radius 3 is 2.47 bits per heavy atom. The highest BCUT2D eigenvalue weighted by atomic mass is 35.7. The Kier molecular flexibility index (Phi) is 3.53. The van der Waals surface area contributed by atoms with Crippen molar-refractivity contribution in [2.75, 3.05) is 26.2 Å². The van der Waals surface area contributed by atoms with Gasteiger partial charge in [-0.3, -0.25) is 0 Å². The highest BCUT2D eigenvalue weighted by Crippen LogP contribution is 2.44. The molecule has 0 aromatic rings. The van der Waals surface area contributed by atoms with Gasteiger partial charge in [-0.05, 0) is 39.0 Å². The Morgan fingerprint density at radius 1 is 1.12 bits per heavy atom. The lowest BCUT2D eigenvalue weighted by atomic mass is 9.67. The molecule has 94 valence electrons. The zero-order valence-corrected chi connectivity index (χ0v) is 13.2. The molecule has 1 atom stereocenters. The molecule has 0 spiro atoms. The second-order valence-electron chi connectivity index (χ2n) is 5.27. The summed E-state index contributed by atoms with van der Waals surface area (Å²) in [5, 5.41) is 0. The van der Waals surface area contributed by atoms with Gasteiger partial charge in [0.15, 0.2) is 0 Å². The van der Waals surface area contributed by atoms with Gasteiger partial charge in [0.1, 0.15) is 0 Å². The molecule has 0 radical (unpaired) electrons. The van der Waals surface area contributed by atoms with Gasteiger partial charge in [0.25, 0.3) is 0 Å². The molecule has 0 aromatic carbocycles. The first-order valence-corrected chi connectivity index (χ1v) is 10.8. The Bertz CT molecular complexity index is 322. The molecule has 0 bridgehead atoms. The van der Waals surface area contributed by atoms with Gasteiger partial charge in [0, 0.05) is 5.44 Å². The van der Waals surface area contributed by atoms with Crippen molar-refractivity contribution < 1.29 is 0 Å². The van der Waals surface area contributed by atoms with E-state index in [1.807, 2.05) is 0 Å². The predicted molar refractivity (Wildman–Crippen MR) is 78.5 cm³/mol. The van der Waals surface area contributed by atoms with Crippen LogP contribution in [0.3, 0.4) is 0 Å². The number of hydrogen-bond donors (Lipinski definition) is 0. The number of hydrogen-bond acceptors (Lipinski definition) is 3. The highest BCUT2D eigenvalue weighted by molar-refractivity contribution is 7.50. The largest absolute Gasteiger partial charge is 0.387 e. The second-order valence-corrected chi connectivity index (χ2v) is 12.4. The highest BCUT2D eigenvalue weighted by Gasteiger charge is 2.62. The van der Waals surface area contributed by atoms with E-state index in [1.165, 1.54) is 6.42 Å². The monoisotopic (exact) mass is 309 g/mol. The van der Waals surface area contributed by atoms with Crippen molar-refractivity contribution in [2.45, 2.75) is 25.2 Å². The molecule has 3 saturated heterocycles. The summed E-state index contributed by atoms with van der Waals surface area (Å²) in [6, 6.07) is 0. The van der Waals surface area contributed by atoms with Crippen LogP contribution in [0, 0.1) is 0 Å². The summed E-state index contributed by atoms with van der Waals surface area (Å²) >= 11 is 20.0. The molecule has 17 heavy (non-hydrogen) atoms. The Morgan fingerprint density at radius 2 is 1.76 bits per heavy atom. The number of nitrogens with zero attached hydrogens (tertiary/aromatic N) is 3. The molecule has 0 amide bonds. The molecule has 3 nitrogen and oxygen atoms in total. The summed E-state index contributed by atoms with van der Waals surface area (Å²) in [6.07, 6.45) is 2.34. The van der Waals surface area contributed by atoms with Gasteiger partial charge in [-0.25, -0.2) is 0 Å². The summed E-state index contributed by atoms with van der Waals surface area (Å²) in [5.74, 6) is 0. The summed E-state index contributed by atoms with van der Waals surface area (Å²) in [5.41, 5.74) is 0.182. The fourth-order valence-electron chi connectivity index (χ4n) is 3.33. The van der Waals surface area contributed by atoms with Crippen molar-refractivity contribution in [3.05, 3.63) is 0 Å². The quantitative estimate of drug-likeness (QED) is 0.499. The van der Waals surface area contributed by atoms with Crippen molar-refractivity contribution in [1.82, 2.24) is 14.0 Å². The average Bonchev–Trinajstić information content (AvgIpc) is 2.34. The summed E-state index contributed by atoms with van der Waals surface area (Å²) in [4.78, 5) is 2.49. The maximum absolute atomic E-state index is 6.70. The molecule has 0 N–H and O–H groups in total. The van der Waals surface area contributed by atoms with Crippen LogP contribution < -0.4 is 0 Å². The van der Waals surface area contributed by atoms with Crippen LogP contribution in [0.5, 0.6) is 0 Å². The molecular weight excluding hydrogens is 294 g/mol. The Balaban J connectivity index is 1.97. The van der Waals surface area contributed by atoms with Gasteiger partial charge >= 0.3 is 20.2 Å². The summed E-state index contributed by atoms with van der Waals surface area (Å²) in [6.45, 7) is 4.06. The van der Waals surface area contributed by atoms with E-state index in [1.54, 1.807) is 0 Å². The Labute approximate surface area is 119 Å². The first kappa shape index (κ1) is 13.1. The molecule has 1 unspecified atom stereocenters. The summed E-state index contributed by atoms with van der Waals surface area (Å²) in [7, 11) is 0.262. The molecule has 3 aliphatic rings. The van der Waals surface area contributed by atoms with Crippen LogP contribution >= 0.6 is 33.6 Å². The van der Waals surface area contributed by atoms with E-state index in [2.05, 4.69) is 20.9 Å². The maximum Gasteiger partial charge on any atom is 0.387 e. The van der Waals surface area contributed by atoms with E-state index in [-0.39, 0.29) is 18.8 Å². The van der Waals surface area contributed by atoms with E-state index >= 15 is 0 Å². The lowest BCUT2D eigenvalue weighted by molar-refractivity contribution is 0.261. The zero-order chi connectivity index (χ0) is 12.2. The minimum atomic E-state index is -2.42. The predicted octanol–water partition coefficient (Wildman–Crippen LogP) is 1.77. The minimum absolute atomic E-state index is 0.0150. The first-order chi connectivity index (χ1) is 8.03. The average molecular weight is 310 g/mol. The summed E-state index contributed by atoms with van der Waals surface area (Å²) < 4.78 is 4.73. The third-order valence-corrected chi connectivity index (χ3v) is 11.1. The van der Waals surface area contributed by atoms with E-state index in [9.17, 15) is 0 Å². The van der Waals surface area contributed by atoms with E-state index in [0.29, 0.717) is 0 Å². The normalized spacial score (nSPS) is 34.9. The SMILES string of the molecule is CC1B(Cl)N2CCCN3CCCN(B32)[Si]1(Cl)Cl. The van der Waals surface area contributed by atoms with Crippen molar-refractivity contribution in [3.63, 3.8) is 0 Å². The van der Waals surface area contributed by atoms with Crippen LogP contribution in [0.15, 0.2) is 0 Å². The molecule has 3 fully saturated rings. The lowest BCUT2D eigenvalue weighted by Crippen LogP contribution is -2.80. The zero-order valence-electron chi connectivity index (χ0n) is 9.95. The van der Waals surface area contributed by atoms with Crippen LogP contribution in [0.25, 0.3) is 0 Å². The molecule has 0 aliphatic carbocycles. The molecule has 9 heteroatoms. The number of rotatable bonds is 0. The van der Waals surface area contributed by atoms with Crippen LogP contribution in [-0.2, 0) is 0 Å². The molecule has 0 aromatic heterocycles. The van der Waals surface area contributed by atoms with Gasteiger partial charge in [0.2, 0.25) is 0 Å². The van der Waals surface area contributed by atoms with Gasteiger partial charge in [-0.15, -0.1) is 22.2 Å². The topological polar surface area (TPSA) is 9.72 Å². The van der Waals surface area contributed by atoms with Gasteiger partial charge in [-0.1, -0.05) is 6.92 Å². The molecule has 3 rings (SSSR count). The van der Waals surface area contributed by atoms with Crippen molar-refractivity contribution in [3.8, 4) is 0 Å². The van der Waals surface area contributed by atoms with Crippen LogP contribution in [0.2, 0.25) is 5.44 Å². The third-order valence-electron chi connectivity index (χ3n) is 4.27. The molecule has 0 saturated carbocycles. The van der Waals surface area contributed by atoms with E-state index in [4.69, 9.17) is 33.6 Å². The molecular formula is C8H16B2Cl3N3Si. The molecule has 3 heterocycles. The minimum Gasteiger partial charge on any atom is -0.341 e. The van der Waals surface area contributed by atoms with Crippen LogP contribution in [0.1, 0.15) is 19.8 Å². The fraction of sp³-hybridized carbons (Fsp3) is 1.00. The van der Waals surface area contributed by atoms with Crippen molar-refractivity contribution in [2.24, 2.45) is 0 Å². The number of halogens is 3. The standard InChI is InChI=1S/C8H16B2Cl3N3Si/c1-8-9(11)15-6-2-4-14-5-3-7-16(10(14)15)17(8,12)13/h8H,2-7H2,1H3. The third kappa shape index (κ3) is 1.92. The van der Waals surface area contributed by atoms with Gasteiger partial charge in [0.05, 0.1) is 0 Å². The van der Waals surface area contributed by atoms with Gasteiger partial charge < -0.3 is 14.0 Å². The van der Waals surface area contributed by atoms with E-state index in [0.717, 1.165) is 32.6 Å². The Hall–Kier alpha value is 1.10. The smallest absolute Gasteiger partial charge is 0.341 e. The second kappa shape index (κ2) is 4.58. The van der Waals surface area contributed by atoms with Gasteiger partial charge in [-0.2, -0.15) is 11.5 Å². The van der Waals surface area contributed by atoms with Crippen LogP contribution in [0.4, 0.5) is 0 Å². The van der Waals surface area contributed by atoms with Crippen LogP contribution in [-0.4, -0.2) is 60.4 Å². The van der Waals surface area contributed by atoms with Crippen molar-refractivity contribution in [1.29, 1.82) is 0 Å². The van der Waals surface area contributed by atoms with Crippen molar-refractivity contribution >= 4 is 53.9 Å². The molecule has 3 aliphatic heterocycles. The van der Waals surface area contributed by atoms with E-state index < -0.39 is 6.86 Å². The fourth-order valence-corrected chi connectivity index (χ4v) is 8.33. The first-order valence-electron chi connectivity index (χ1n) is 6.32.